The van der Waals surface area contributed by atoms with Gasteiger partial charge in [0, 0.05) is 31.5 Å². The van der Waals surface area contributed by atoms with Crippen LogP contribution in [0.4, 0.5) is 15.8 Å². The van der Waals surface area contributed by atoms with Gasteiger partial charge in [-0.15, -0.1) is 0 Å². The average Bonchev–Trinajstić information content (AvgIpc) is 2.03. The minimum atomic E-state index is -0.320. The van der Waals surface area contributed by atoms with Crippen LogP contribution in [-0.4, -0.2) is 20.1 Å². The molecule has 13 heavy (non-hydrogen) atoms. The molecule has 1 aromatic carbocycles. The van der Waals surface area contributed by atoms with E-state index in [1.807, 2.05) is 11.9 Å². The summed E-state index contributed by atoms with van der Waals surface area (Å²) in [5.74, 6) is -0.320. The zero-order valence-electron chi connectivity index (χ0n) is 7.63. The SMILES string of the molecule is CN(CCN)c1cc(N)cc(F)c1. The summed E-state index contributed by atoms with van der Waals surface area (Å²) >= 11 is 0. The molecular formula is C9H14FN3. The van der Waals surface area contributed by atoms with Crippen molar-refractivity contribution >= 4 is 11.4 Å². The van der Waals surface area contributed by atoms with Crippen molar-refractivity contribution in [3.63, 3.8) is 0 Å². The smallest absolute Gasteiger partial charge is 0.127 e. The van der Waals surface area contributed by atoms with Crippen LogP contribution >= 0.6 is 0 Å². The molecule has 4 N–H and O–H groups in total. The molecule has 0 saturated heterocycles. The standard InChI is InChI=1S/C9H14FN3/c1-13(3-2-11)9-5-7(10)4-8(12)6-9/h4-6H,2-3,11-12H2,1H3. The zero-order chi connectivity index (χ0) is 9.84. The molecule has 72 valence electrons. The highest BCUT2D eigenvalue weighted by atomic mass is 19.1. The van der Waals surface area contributed by atoms with Gasteiger partial charge in [0.2, 0.25) is 0 Å². The molecule has 0 aliphatic carbocycles. The molecule has 1 rings (SSSR count). The highest BCUT2D eigenvalue weighted by Crippen LogP contribution is 2.18. The first-order valence-electron chi connectivity index (χ1n) is 4.11. The average molecular weight is 183 g/mol. The highest BCUT2D eigenvalue weighted by molar-refractivity contribution is 5.55. The van der Waals surface area contributed by atoms with Crippen molar-refractivity contribution in [2.24, 2.45) is 5.73 Å². The van der Waals surface area contributed by atoms with Crippen molar-refractivity contribution in [2.45, 2.75) is 0 Å². The van der Waals surface area contributed by atoms with Crippen LogP contribution in [0.2, 0.25) is 0 Å². The van der Waals surface area contributed by atoms with Crippen LogP contribution in [0.3, 0.4) is 0 Å². The lowest BCUT2D eigenvalue weighted by Crippen LogP contribution is -2.25. The van der Waals surface area contributed by atoms with Crippen molar-refractivity contribution < 1.29 is 4.39 Å². The first-order chi connectivity index (χ1) is 6.13. The Hall–Kier alpha value is -1.29. The molecule has 1 aromatic rings. The number of hydrogen-bond acceptors (Lipinski definition) is 3. The van der Waals surface area contributed by atoms with E-state index < -0.39 is 0 Å². The molecule has 0 spiro atoms. The van der Waals surface area contributed by atoms with Gasteiger partial charge in [0.05, 0.1) is 0 Å². The van der Waals surface area contributed by atoms with E-state index in [4.69, 9.17) is 11.5 Å². The number of rotatable bonds is 3. The van der Waals surface area contributed by atoms with Crippen LogP contribution in [0.15, 0.2) is 18.2 Å². The molecule has 0 atom stereocenters. The molecule has 0 amide bonds. The maximum atomic E-state index is 12.9. The largest absolute Gasteiger partial charge is 0.399 e. The Morgan fingerprint density at radius 2 is 2.08 bits per heavy atom. The molecule has 0 aliphatic rings. The maximum Gasteiger partial charge on any atom is 0.127 e. The van der Waals surface area contributed by atoms with Crippen LogP contribution in [0.5, 0.6) is 0 Å². The van der Waals surface area contributed by atoms with Gasteiger partial charge in [-0.25, -0.2) is 4.39 Å². The molecule has 0 fully saturated rings. The van der Waals surface area contributed by atoms with Gasteiger partial charge < -0.3 is 16.4 Å². The number of hydrogen-bond donors (Lipinski definition) is 2. The molecule has 0 heterocycles. The van der Waals surface area contributed by atoms with Crippen molar-refractivity contribution in [1.29, 1.82) is 0 Å². The van der Waals surface area contributed by atoms with Gasteiger partial charge in [-0.3, -0.25) is 0 Å². The van der Waals surface area contributed by atoms with E-state index in [9.17, 15) is 4.39 Å². The third-order valence-electron chi connectivity index (χ3n) is 1.81. The lowest BCUT2D eigenvalue weighted by molar-refractivity contribution is 0.628. The summed E-state index contributed by atoms with van der Waals surface area (Å²) in [4.78, 5) is 1.86. The van der Waals surface area contributed by atoms with Crippen molar-refractivity contribution in [1.82, 2.24) is 0 Å². The van der Waals surface area contributed by atoms with Gasteiger partial charge in [0.1, 0.15) is 5.82 Å². The molecule has 0 bridgehead atoms. The molecule has 0 saturated carbocycles. The Kier molecular flexibility index (Phi) is 3.08. The van der Waals surface area contributed by atoms with E-state index in [-0.39, 0.29) is 5.82 Å². The monoisotopic (exact) mass is 183 g/mol. The third-order valence-corrected chi connectivity index (χ3v) is 1.81. The second kappa shape index (κ2) is 4.09. The van der Waals surface area contributed by atoms with E-state index in [2.05, 4.69) is 0 Å². The Morgan fingerprint density at radius 1 is 1.38 bits per heavy atom. The minimum absolute atomic E-state index is 0.320. The zero-order valence-corrected chi connectivity index (χ0v) is 7.63. The molecule has 0 radical (unpaired) electrons. The van der Waals surface area contributed by atoms with Gasteiger partial charge in [0.15, 0.2) is 0 Å². The number of nitrogens with zero attached hydrogens (tertiary/aromatic N) is 1. The molecule has 0 aromatic heterocycles. The van der Waals surface area contributed by atoms with Crippen LogP contribution in [0.1, 0.15) is 0 Å². The van der Waals surface area contributed by atoms with Crippen LogP contribution in [0.25, 0.3) is 0 Å². The minimum Gasteiger partial charge on any atom is -0.399 e. The van der Waals surface area contributed by atoms with Crippen molar-refractivity contribution in [3.8, 4) is 0 Å². The van der Waals surface area contributed by atoms with Crippen molar-refractivity contribution in [3.05, 3.63) is 24.0 Å². The van der Waals surface area contributed by atoms with Crippen LogP contribution in [-0.2, 0) is 0 Å². The van der Waals surface area contributed by atoms with E-state index in [1.54, 1.807) is 6.07 Å². The third kappa shape index (κ3) is 2.59. The summed E-state index contributed by atoms with van der Waals surface area (Å²) in [6, 6.07) is 4.45. The highest BCUT2D eigenvalue weighted by Gasteiger charge is 2.02. The molecule has 0 aliphatic heterocycles. The fourth-order valence-electron chi connectivity index (χ4n) is 1.14. The maximum absolute atomic E-state index is 12.9. The Morgan fingerprint density at radius 3 is 2.62 bits per heavy atom. The lowest BCUT2D eigenvalue weighted by atomic mass is 10.2. The summed E-state index contributed by atoms with van der Waals surface area (Å²) in [6.45, 7) is 1.22. The van der Waals surface area contributed by atoms with Gasteiger partial charge in [0.25, 0.3) is 0 Å². The summed E-state index contributed by atoms with van der Waals surface area (Å²) in [6.07, 6.45) is 0. The Labute approximate surface area is 77.1 Å². The lowest BCUT2D eigenvalue weighted by Gasteiger charge is -2.18. The van der Waals surface area contributed by atoms with Gasteiger partial charge in [-0.05, 0) is 18.2 Å². The fourth-order valence-corrected chi connectivity index (χ4v) is 1.14. The molecule has 4 heteroatoms. The second-order valence-corrected chi connectivity index (χ2v) is 2.95. The topological polar surface area (TPSA) is 55.3 Å². The predicted octanol–water partition coefficient (Wildman–Crippen LogP) is 0.803. The van der Waals surface area contributed by atoms with E-state index in [0.29, 0.717) is 18.8 Å². The number of halogens is 1. The van der Waals surface area contributed by atoms with Gasteiger partial charge in [-0.1, -0.05) is 0 Å². The van der Waals surface area contributed by atoms with E-state index >= 15 is 0 Å². The van der Waals surface area contributed by atoms with E-state index in [0.717, 1.165) is 5.69 Å². The number of likely N-dealkylation sites (N-methyl/N-ethyl adjacent to an activating group) is 1. The Bertz CT molecular complexity index is 268. The molecule has 0 unspecified atom stereocenters. The van der Waals surface area contributed by atoms with E-state index in [1.165, 1.54) is 12.1 Å². The van der Waals surface area contributed by atoms with Gasteiger partial charge in [-0.2, -0.15) is 0 Å². The summed E-state index contributed by atoms with van der Waals surface area (Å²) in [7, 11) is 1.85. The normalized spacial score (nSPS) is 10.1. The summed E-state index contributed by atoms with van der Waals surface area (Å²) in [5, 5.41) is 0. The number of nitrogens with two attached hydrogens (primary N) is 2. The quantitative estimate of drug-likeness (QED) is 0.681. The fraction of sp³-hybridized carbons (Fsp3) is 0.333. The number of nitrogen functional groups attached to an aromatic ring is 1. The molecule has 3 nitrogen and oxygen atoms in total. The van der Waals surface area contributed by atoms with Crippen LogP contribution < -0.4 is 16.4 Å². The summed E-state index contributed by atoms with van der Waals surface area (Å²) < 4.78 is 12.9. The number of benzene rings is 1. The van der Waals surface area contributed by atoms with Gasteiger partial charge >= 0.3 is 0 Å². The summed E-state index contributed by atoms with van der Waals surface area (Å²) in [5.41, 5.74) is 12.1. The Balaban J connectivity index is 2.87. The molecular weight excluding hydrogens is 169 g/mol. The van der Waals surface area contributed by atoms with Crippen LogP contribution in [0, 0.1) is 5.82 Å². The second-order valence-electron chi connectivity index (χ2n) is 2.95. The predicted molar refractivity (Wildman–Crippen MR) is 53.1 cm³/mol. The van der Waals surface area contributed by atoms with Crippen molar-refractivity contribution in [2.75, 3.05) is 30.8 Å². The number of anilines is 2. The first kappa shape index (κ1) is 9.80. The first-order valence-corrected chi connectivity index (χ1v) is 4.11.